The Hall–Kier alpha value is -0.840. The molecule has 2 aromatic heterocycles. The summed E-state index contributed by atoms with van der Waals surface area (Å²) in [7, 11) is 1.82. The van der Waals surface area contributed by atoms with Crippen LogP contribution in [-0.4, -0.2) is 26.6 Å². The number of halogens is 2. The molecule has 0 aliphatic rings. The number of hydrogen-bond acceptors (Lipinski definition) is 3. The first-order valence-electron chi connectivity index (χ1n) is 6.20. The van der Waals surface area contributed by atoms with Gasteiger partial charge in [0.05, 0.1) is 5.52 Å². The quantitative estimate of drug-likeness (QED) is 0.861. The van der Waals surface area contributed by atoms with Gasteiger partial charge in [-0.25, -0.2) is 9.97 Å². The van der Waals surface area contributed by atoms with Gasteiger partial charge in [-0.3, -0.25) is 0 Å². The molecule has 4 nitrogen and oxygen atoms in total. The van der Waals surface area contributed by atoms with E-state index in [2.05, 4.69) is 43.0 Å². The summed E-state index contributed by atoms with van der Waals surface area (Å²) in [5.41, 5.74) is 1.53. The van der Waals surface area contributed by atoms with Gasteiger partial charge in [-0.2, -0.15) is 0 Å². The van der Waals surface area contributed by atoms with E-state index in [4.69, 9.17) is 23.2 Å². The van der Waals surface area contributed by atoms with Crippen molar-refractivity contribution in [2.45, 2.75) is 39.8 Å². The van der Waals surface area contributed by atoms with Crippen molar-refractivity contribution >= 4 is 34.2 Å². The molecule has 1 N–H and O–H groups in total. The first-order chi connectivity index (χ1) is 8.82. The van der Waals surface area contributed by atoms with E-state index in [9.17, 15) is 0 Å². The Morgan fingerprint density at radius 3 is 2.11 bits per heavy atom. The van der Waals surface area contributed by atoms with Gasteiger partial charge >= 0.3 is 0 Å². The van der Waals surface area contributed by atoms with E-state index in [-0.39, 0.29) is 0 Å². The van der Waals surface area contributed by atoms with E-state index < -0.39 is 0 Å². The summed E-state index contributed by atoms with van der Waals surface area (Å²) in [5.74, 6) is 0. The van der Waals surface area contributed by atoms with E-state index in [0.717, 1.165) is 11.0 Å². The van der Waals surface area contributed by atoms with E-state index >= 15 is 0 Å². The van der Waals surface area contributed by atoms with Crippen LogP contribution in [0.25, 0.3) is 11.0 Å². The number of hydrogen-bond donors (Lipinski definition) is 1. The number of aromatic nitrogens is 3. The molecule has 0 aliphatic heterocycles. The minimum atomic E-state index is 0.425. The number of nitrogens with zero attached hydrogens (tertiary/aromatic N) is 3. The number of aryl methyl sites for hydroxylation is 1. The molecule has 0 saturated heterocycles. The summed E-state index contributed by atoms with van der Waals surface area (Å²) in [5, 5.41) is 4.34. The average Bonchev–Trinajstić information content (AvgIpc) is 2.55. The van der Waals surface area contributed by atoms with Gasteiger partial charge in [-0.15, -0.1) is 0 Å². The van der Waals surface area contributed by atoms with Gasteiger partial charge < -0.3 is 9.88 Å². The predicted molar refractivity (Wildman–Crippen MR) is 81.9 cm³/mol. The molecule has 0 aromatic carbocycles. The third-order valence-electron chi connectivity index (χ3n) is 2.38. The molecule has 6 heteroatoms. The summed E-state index contributed by atoms with van der Waals surface area (Å²) in [6.07, 6.45) is 1.42. The number of fused-ring (bicyclic) bond motifs is 1. The summed E-state index contributed by atoms with van der Waals surface area (Å²) in [6, 6.07) is 3.00. The van der Waals surface area contributed by atoms with Crippen LogP contribution in [0.1, 0.15) is 27.7 Å². The molecule has 0 aliphatic carbocycles. The lowest BCUT2D eigenvalue weighted by atomic mass is 10.3. The topological polar surface area (TPSA) is 42.7 Å². The molecule has 0 radical (unpaired) electrons. The fourth-order valence-electron chi connectivity index (χ4n) is 1.77. The van der Waals surface area contributed by atoms with Crippen molar-refractivity contribution < 1.29 is 0 Å². The Morgan fingerprint density at radius 1 is 1.11 bits per heavy atom. The third-order valence-corrected chi connectivity index (χ3v) is 3.02. The van der Waals surface area contributed by atoms with E-state index in [0.29, 0.717) is 22.4 Å². The SMILES string of the molecule is CC(C)NC(C)C.Cn1c(Cl)cc2ncnc(Cl)c21. The maximum absolute atomic E-state index is 5.86. The molecule has 0 fully saturated rings. The minimum Gasteiger partial charge on any atom is -0.331 e. The minimum absolute atomic E-state index is 0.425. The summed E-state index contributed by atoms with van der Waals surface area (Å²) in [6.45, 7) is 8.61. The summed E-state index contributed by atoms with van der Waals surface area (Å²) < 4.78 is 1.75. The van der Waals surface area contributed by atoms with E-state index in [1.54, 1.807) is 10.6 Å². The molecule has 0 bridgehead atoms. The van der Waals surface area contributed by atoms with Crippen LogP contribution in [0, 0.1) is 0 Å². The van der Waals surface area contributed by atoms with Crippen molar-refractivity contribution in [1.29, 1.82) is 0 Å². The number of rotatable bonds is 2. The van der Waals surface area contributed by atoms with Crippen molar-refractivity contribution in [3.05, 3.63) is 22.7 Å². The highest BCUT2D eigenvalue weighted by Crippen LogP contribution is 2.24. The van der Waals surface area contributed by atoms with Gasteiger partial charge in [-0.05, 0) is 0 Å². The van der Waals surface area contributed by atoms with Crippen molar-refractivity contribution in [2.75, 3.05) is 0 Å². The average molecular weight is 303 g/mol. The molecule has 2 heterocycles. The Kier molecular flexibility index (Phi) is 6.04. The molecule has 0 spiro atoms. The largest absolute Gasteiger partial charge is 0.331 e. The maximum atomic E-state index is 5.86. The van der Waals surface area contributed by atoms with Crippen LogP contribution in [0.3, 0.4) is 0 Å². The van der Waals surface area contributed by atoms with Crippen molar-refractivity contribution in [3.63, 3.8) is 0 Å². The monoisotopic (exact) mass is 302 g/mol. The van der Waals surface area contributed by atoms with Gasteiger partial charge in [0.25, 0.3) is 0 Å². The zero-order valence-corrected chi connectivity index (χ0v) is 13.4. The van der Waals surface area contributed by atoms with E-state index in [1.165, 1.54) is 6.33 Å². The Labute approximate surface area is 124 Å². The van der Waals surface area contributed by atoms with Gasteiger partial charge in [-0.1, -0.05) is 50.9 Å². The molecule has 0 atom stereocenters. The summed E-state index contributed by atoms with van der Waals surface area (Å²) >= 11 is 11.7. The summed E-state index contributed by atoms with van der Waals surface area (Å²) in [4.78, 5) is 7.88. The Morgan fingerprint density at radius 2 is 1.68 bits per heavy atom. The lowest BCUT2D eigenvalue weighted by Gasteiger charge is -2.10. The van der Waals surface area contributed by atoms with Crippen LogP contribution in [0.2, 0.25) is 10.3 Å². The fraction of sp³-hybridized carbons (Fsp3) is 0.538. The first-order valence-corrected chi connectivity index (χ1v) is 6.96. The van der Waals surface area contributed by atoms with Crippen molar-refractivity contribution in [2.24, 2.45) is 7.05 Å². The molecular weight excluding hydrogens is 283 g/mol. The second-order valence-electron chi connectivity index (χ2n) is 4.90. The van der Waals surface area contributed by atoms with Crippen LogP contribution in [0.15, 0.2) is 12.4 Å². The molecule has 2 aromatic rings. The highest BCUT2D eigenvalue weighted by Gasteiger charge is 2.08. The number of nitrogens with one attached hydrogen (secondary N) is 1. The molecular formula is C13H20Cl2N4. The van der Waals surface area contributed by atoms with E-state index in [1.807, 2.05) is 7.05 Å². The predicted octanol–water partition coefficient (Wildman–Crippen LogP) is 3.67. The lowest BCUT2D eigenvalue weighted by molar-refractivity contribution is 0.518. The van der Waals surface area contributed by atoms with Crippen LogP contribution in [0.5, 0.6) is 0 Å². The highest BCUT2D eigenvalue weighted by molar-refractivity contribution is 6.35. The normalized spacial score (nSPS) is 11.0. The smallest absolute Gasteiger partial charge is 0.156 e. The zero-order valence-electron chi connectivity index (χ0n) is 11.9. The van der Waals surface area contributed by atoms with Gasteiger partial charge in [0.2, 0.25) is 0 Å². The van der Waals surface area contributed by atoms with Crippen molar-refractivity contribution in [3.8, 4) is 0 Å². The third kappa shape index (κ3) is 4.64. The molecule has 0 unspecified atom stereocenters. The Balaban J connectivity index is 0.000000224. The molecule has 106 valence electrons. The second-order valence-corrected chi connectivity index (χ2v) is 5.65. The highest BCUT2D eigenvalue weighted by atomic mass is 35.5. The van der Waals surface area contributed by atoms with Gasteiger partial charge in [0, 0.05) is 25.2 Å². The van der Waals surface area contributed by atoms with Crippen LogP contribution < -0.4 is 5.32 Å². The van der Waals surface area contributed by atoms with Crippen LogP contribution >= 0.6 is 23.2 Å². The zero-order chi connectivity index (χ0) is 14.6. The van der Waals surface area contributed by atoms with Gasteiger partial charge in [0.1, 0.15) is 17.0 Å². The van der Waals surface area contributed by atoms with Crippen molar-refractivity contribution in [1.82, 2.24) is 19.9 Å². The molecule has 0 amide bonds. The standard InChI is InChI=1S/C7H5Cl2N3.C6H15N/c1-12-5(8)2-4-6(12)7(9)11-3-10-4;1-5(2)7-6(3)4/h2-3H,1H3;5-7H,1-4H3. The van der Waals surface area contributed by atoms with Crippen LogP contribution in [-0.2, 0) is 7.05 Å². The molecule has 0 saturated carbocycles. The maximum Gasteiger partial charge on any atom is 0.156 e. The lowest BCUT2D eigenvalue weighted by Crippen LogP contribution is -2.29. The van der Waals surface area contributed by atoms with Gasteiger partial charge in [0.15, 0.2) is 5.15 Å². The Bertz CT molecular complexity index is 529. The molecule has 2 rings (SSSR count). The van der Waals surface area contributed by atoms with Crippen LogP contribution in [0.4, 0.5) is 0 Å². The fourth-order valence-corrected chi connectivity index (χ4v) is 2.22. The molecule has 19 heavy (non-hydrogen) atoms. The first kappa shape index (κ1) is 16.2. The second kappa shape index (κ2) is 7.08.